The van der Waals surface area contributed by atoms with E-state index in [0.29, 0.717) is 18.7 Å². The van der Waals surface area contributed by atoms with Gasteiger partial charge in [0, 0.05) is 36.3 Å². The molecule has 2 aliphatic rings. The standard InChI is InChI=1S/C16H17N3O2/c20-15(19-5-6-21-11-16(10-19)2-3-16)13-7-12-1-4-17-9-14(12)18-8-13/h1,4,7-9H,2-3,5-6,10-11H2. The Bertz CT molecular complexity index is 697. The SMILES string of the molecule is O=C(c1cnc2cnccc2c1)N1CCOCC2(CC2)C1. The van der Waals surface area contributed by atoms with E-state index in [0.717, 1.165) is 24.1 Å². The average molecular weight is 283 g/mol. The van der Waals surface area contributed by atoms with Gasteiger partial charge in [0.25, 0.3) is 5.91 Å². The van der Waals surface area contributed by atoms with Gasteiger partial charge in [0.2, 0.25) is 0 Å². The van der Waals surface area contributed by atoms with Crippen LogP contribution >= 0.6 is 0 Å². The normalized spacial score (nSPS) is 20.5. The fourth-order valence-corrected chi connectivity index (χ4v) is 2.92. The molecule has 1 saturated carbocycles. The summed E-state index contributed by atoms with van der Waals surface area (Å²) in [6.45, 7) is 2.88. The Morgan fingerprint density at radius 3 is 3.10 bits per heavy atom. The molecule has 0 atom stereocenters. The molecule has 0 bridgehead atoms. The molecule has 0 unspecified atom stereocenters. The smallest absolute Gasteiger partial charge is 0.255 e. The van der Waals surface area contributed by atoms with Gasteiger partial charge in [-0.15, -0.1) is 0 Å². The van der Waals surface area contributed by atoms with Gasteiger partial charge in [0.05, 0.1) is 30.5 Å². The van der Waals surface area contributed by atoms with Gasteiger partial charge < -0.3 is 9.64 Å². The lowest BCUT2D eigenvalue weighted by atomic mass is 10.1. The molecule has 4 rings (SSSR count). The maximum Gasteiger partial charge on any atom is 0.255 e. The zero-order valence-corrected chi connectivity index (χ0v) is 11.8. The highest BCUT2D eigenvalue weighted by Gasteiger charge is 2.46. The van der Waals surface area contributed by atoms with E-state index in [4.69, 9.17) is 4.74 Å². The van der Waals surface area contributed by atoms with Crippen molar-refractivity contribution in [2.24, 2.45) is 5.41 Å². The van der Waals surface area contributed by atoms with Crippen molar-refractivity contribution in [3.8, 4) is 0 Å². The van der Waals surface area contributed by atoms with E-state index >= 15 is 0 Å². The second kappa shape index (κ2) is 4.77. The summed E-state index contributed by atoms with van der Waals surface area (Å²) < 4.78 is 5.64. The summed E-state index contributed by atoms with van der Waals surface area (Å²) in [5, 5.41) is 0.947. The third-order valence-electron chi connectivity index (χ3n) is 4.42. The summed E-state index contributed by atoms with van der Waals surface area (Å²) in [4.78, 5) is 23.0. The van der Waals surface area contributed by atoms with E-state index in [1.807, 2.05) is 17.0 Å². The summed E-state index contributed by atoms with van der Waals surface area (Å²) in [6, 6.07) is 3.78. The minimum absolute atomic E-state index is 0.0537. The second-order valence-electron chi connectivity index (χ2n) is 6.07. The molecule has 1 aliphatic heterocycles. The Hall–Kier alpha value is -2.01. The third-order valence-corrected chi connectivity index (χ3v) is 4.42. The molecule has 3 heterocycles. The number of nitrogens with zero attached hydrogens (tertiary/aromatic N) is 3. The molecule has 0 aromatic carbocycles. The number of pyridine rings is 2. The van der Waals surface area contributed by atoms with Crippen LogP contribution in [0.5, 0.6) is 0 Å². The number of amides is 1. The molecular weight excluding hydrogens is 266 g/mol. The van der Waals surface area contributed by atoms with Crippen LogP contribution < -0.4 is 0 Å². The molecule has 2 aromatic heterocycles. The Labute approximate surface area is 122 Å². The molecule has 108 valence electrons. The van der Waals surface area contributed by atoms with Gasteiger partial charge >= 0.3 is 0 Å². The molecule has 2 fully saturated rings. The van der Waals surface area contributed by atoms with Crippen LogP contribution in [0.1, 0.15) is 23.2 Å². The van der Waals surface area contributed by atoms with Crippen LogP contribution in [0.25, 0.3) is 10.9 Å². The van der Waals surface area contributed by atoms with E-state index in [1.165, 1.54) is 12.8 Å². The molecule has 1 aliphatic carbocycles. The van der Waals surface area contributed by atoms with Crippen molar-refractivity contribution in [3.63, 3.8) is 0 Å². The number of ether oxygens (including phenoxy) is 1. The first kappa shape index (κ1) is 12.7. The van der Waals surface area contributed by atoms with Crippen molar-refractivity contribution in [3.05, 3.63) is 36.3 Å². The minimum atomic E-state index is 0.0537. The van der Waals surface area contributed by atoms with Crippen molar-refractivity contribution in [1.29, 1.82) is 0 Å². The zero-order valence-electron chi connectivity index (χ0n) is 11.8. The van der Waals surface area contributed by atoms with Crippen molar-refractivity contribution < 1.29 is 9.53 Å². The second-order valence-corrected chi connectivity index (χ2v) is 6.07. The highest BCUT2D eigenvalue weighted by atomic mass is 16.5. The molecule has 1 spiro atoms. The Kier molecular flexibility index (Phi) is 2.89. The van der Waals surface area contributed by atoms with Crippen LogP contribution in [-0.4, -0.2) is 47.1 Å². The van der Waals surface area contributed by atoms with Gasteiger partial charge in [0.1, 0.15) is 0 Å². The molecular formula is C16H17N3O2. The van der Waals surface area contributed by atoms with Crippen molar-refractivity contribution >= 4 is 16.8 Å². The number of carbonyl (C=O) groups excluding carboxylic acids is 1. The highest BCUT2D eigenvalue weighted by molar-refractivity contribution is 5.97. The lowest BCUT2D eigenvalue weighted by molar-refractivity contribution is 0.0735. The van der Waals surface area contributed by atoms with Gasteiger partial charge in [-0.3, -0.25) is 14.8 Å². The summed E-state index contributed by atoms with van der Waals surface area (Å²) in [6.07, 6.45) is 7.41. The zero-order chi connectivity index (χ0) is 14.3. The van der Waals surface area contributed by atoms with Crippen LogP contribution in [0.15, 0.2) is 30.7 Å². The van der Waals surface area contributed by atoms with Crippen LogP contribution in [-0.2, 0) is 4.74 Å². The predicted molar refractivity (Wildman–Crippen MR) is 77.9 cm³/mol. The summed E-state index contributed by atoms with van der Waals surface area (Å²) in [5.74, 6) is 0.0537. The van der Waals surface area contributed by atoms with E-state index in [9.17, 15) is 4.79 Å². The van der Waals surface area contributed by atoms with Gasteiger partial charge in [-0.25, -0.2) is 0 Å². The van der Waals surface area contributed by atoms with E-state index in [1.54, 1.807) is 18.6 Å². The quantitative estimate of drug-likeness (QED) is 0.802. The van der Waals surface area contributed by atoms with Gasteiger partial charge in [-0.1, -0.05) is 0 Å². The predicted octanol–water partition coefficient (Wildman–Crippen LogP) is 1.88. The molecule has 1 amide bonds. The molecule has 0 N–H and O–H groups in total. The first-order chi connectivity index (χ1) is 10.3. The van der Waals surface area contributed by atoms with Crippen molar-refractivity contribution in [1.82, 2.24) is 14.9 Å². The molecule has 21 heavy (non-hydrogen) atoms. The molecule has 1 saturated heterocycles. The van der Waals surface area contributed by atoms with Crippen molar-refractivity contribution in [2.45, 2.75) is 12.8 Å². The molecule has 2 aromatic rings. The number of fused-ring (bicyclic) bond motifs is 1. The lowest BCUT2D eigenvalue weighted by Crippen LogP contribution is -2.36. The average Bonchev–Trinajstić information content (AvgIpc) is 3.32. The minimum Gasteiger partial charge on any atom is -0.379 e. The van der Waals surface area contributed by atoms with Crippen molar-refractivity contribution in [2.75, 3.05) is 26.3 Å². The number of aromatic nitrogens is 2. The lowest BCUT2D eigenvalue weighted by Gasteiger charge is -2.23. The van der Waals surface area contributed by atoms with Crippen LogP contribution in [0, 0.1) is 5.41 Å². The van der Waals surface area contributed by atoms with E-state index in [-0.39, 0.29) is 11.3 Å². The fraction of sp³-hybridized carbons (Fsp3) is 0.438. The number of hydrogen-bond donors (Lipinski definition) is 0. The van der Waals surface area contributed by atoms with Gasteiger partial charge in [0.15, 0.2) is 0 Å². The maximum atomic E-state index is 12.7. The topological polar surface area (TPSA) is 55.3 Å². The first-order valence-corrected chi connectivity index (χ1v) is 7.33. The maximum absolute atomic E-state index is 12.7. The Morgan fingerprint density at radius 2 is 2.24 bits per heavy atom. The largest absolute Gasteiger partial charge is 0.379 e. The molecule has 0 radical (unpaired) electrons. The third kappa shape index (κ3) is 2.38. The summed E-state index contributed by atoms with van der Waals surface area (Å²) in [7, 11) is 0. The highest BCUT2D eigenvalue weighted by Crippen LogP contribution is 2.47. The monoisotopic (exact) mass is 283 g/mol. The summed E-state index contributed by atoms with van der Waals surface area (Å²) in [5.41, 5.74) is 1.68. The van der Waals surface area contributed by atoms with Crippen LogP contribution in [0.2, 0.25) is 0 Å². The number of hydrogen-bond acceptors (Lipinski definition) is 4. The number of rotatable bonds is 1. The van der Waals surface area contributed by atoms with Gasteiger partial charge in [-0.05, 0) is 25.0 Å². The molecule has 5 nitrogen and oxygen atoms in total. The first-order valence-electron chi connectivity index (χ1n) is 7.33. The number of carbonyl (C=O) groups is 1. The summed E-state index contributed by atoms with van der Waals surface area (Å²) >= 11 is 0. The Balaban J connectivity index is 1.62. The molecule has 5 heteroatoms. The van der Waals surface area contributed by atoms with Gasteiger partial charge in [-0.2, -0.15) is 0 Å². The Morgan fingerprint density at radius 1 is 1.33 bits per heavy atom. The van der Waals surface area contributed by atoms with Crippen LogP contribution in [0.4, 0.5) is 0 Å². The van der Waals surface area contributed by atoms with E-state index < -0.39 is 0 Å². The van der Waals surface area contributed by atoms with Crippen LogP contribution in [0.3, 0.4) is 0 Å². The van der Waals surface area contributed by atoms with E-state index in [2.05, 4.69) is 9.97 Å². The fourth-order valence-electron chi connectivity index (χ4n) is 2.92.